The van der Waals surface area contributed by atoms with E-state index in [9.17, 15) is 14.4 Å². The molecule has 18 heavy (non-hydrogen) atoms. The molecule has 0 saturated heterocycles. The summed E-state index contributed by atoms with van der Waals surface area (Å²) in [5, 5.41) is 19.2. The SMILES string of the molecule is O=C(O)C=Cc1ccccc1C(=O)NCC(=O)O. The molecule has 1 rings (SSSR count). The van der Waals surface area contributed by atoms with Crippen molar-refractivity contribution in [2.45, 2.75) is 0 Å². The number of hydrogen-bond acceptors (Lipinski definition) is 3. The molecule has 6 nitrogen and oxygen atoms in total. The second-order valence-corrected chi connectivity index (χ2v) is 3.34. The minimum atomic E-state index is -1.15. The van der Waals surface area contributed by atoms with Gasteiger partial charge in [-0.3, -0.25) is 9.59 Å². The zero-order chi connectivity index (χ0) is 13.5. The second-order valence-electron chi connectivity index (χ2n) is 3.34. The van der Waals surface area contributed by atoms with Gasteiger partial charge >= 0.3 is 11.9 Å². The summed E-state index contributed by atoms with van der Waals surface area (Å²) in [7, 11) is 0. The van der Waals surface area contributed by atoms with Crippen molar-refractivity contribution in [2.24, 2.45) is 0 Å². The summed E-state index contributed by atoms with van der Waals surface area (Å²) in [6.45, 7) is -0.490. The van der Waals surface area contributed by atoms with Gasteiger partial charge in [0, 0.05) is 11.6 Å². The Morgan fingerprint density at radius 3 is 2.44 bits per heavy atom. The van der Waals surface area contributed by atoms with Crippen molar-refractivity contribution >= 4 is 23.9 Å². The number of aliphatic carboxylic acids is 2. The fourth-order valence-electron chi connectivity index (χ4n) is 1.26. The highest BCUT2D eigenvalue weighted by Crippen LogP contribution is 2.10. The maximum Gasteiger partial charge on any atom is 0.328 e. The zero-order valence-electron chi connectivity index (χ0n) is 9.29. The highest BCUT2D eigenvalue weighted by Gasteiger charge is 2.10. The molecule has 0 radical (unpaired) electrons. The molecule has 1 aromatic carbocycles. The molecule has 0 aliphatic carbocycles. The van der Waals surface area contributed by atoms with E-state index in [1.165, 1.54) is 12.1 Å². The minimum absolute atomic E-state index is 0.219. The second kappa shape index (κ2) is 6.19. The predicted molar refractivity (Wildman–Crippen MR) is 63.1 cm³/mol. The van der Waals surface area contributed by atoms with Crippen molar-refractivity contribution in [1.29, 1.82) is 0 Å². The molecular weight excluding hydrogens is 238 g/mol. The van der Waals surface area contributed by atoms with E-state index >= 15 is 0 Å². The Morgan fingerprint density at radius 2 is 1.83 bits per heavy atom. The lowest BCUT2D eigenvalue weighted by atomic mass is 10.1. The molecule has 0 aliphatic rings. The summed E-state index contributed by atoms with van der Waals surface area (Å²) < 4.78 is 0. The van der Waals surface area contributed by atoms with Gasteiger partial charge in [-0.05, 0) is 17.7 Å². The van der Waals surface area contributed by atoms with Crippen LogP contribution in [0.15, 0.2) is 30.3 Å². The predicted octanol–water partition coefficient (Wildman–Crippen LogP) is 0.599. The number of benzene rings is 1. The first kappa shape index (κ1) is 13.4. The summed E-state index contributed by atoms with van der Waals surface area (Å²) in [5.74, 6) is -2.85. The molecule has 0 aliphatic heterocycles. The van der Waals surface area contributed by atoms with Crippen LogP contribution in [0.5, 0.6) is 0 Å². The molecule has 0 aromatic heterocycles. The van der Waals surface area contributed by atoms with Crippen LogP contribution in [0.3, 0.4) is 0 Å². The number of hydrogen-bond donors (Lipinski definition) is 3. The summed E-state index contributed by atoms with van der Waals surface area (Å²) in [6, 6.07) is 6.30. The van der Waals surface area contributed by atoms with Crippen LogP contribution in [0.4, 0.5) is 0 Å². The minimum Gasteiger partial charge on any atom is -0.480 e. The number of rotatable bonds is 5. The van der Waals surface area contributed by atoms with E-state index in [1.807, 2.05) is 0 Å². The number of carboxylic acid groups (broad SMARTS) is 2. The first-order chi connectivity index (χ1) is 8.50. The van der Waals surface area contributed by atoms with Crippen LogP contribution in [0, 0.1) is 0 Å². The molecule has 0 bridgehead atoms. The third kappa shape index (κ3) is 4.09. The highest BCUT2D eigenvalue weighted by atomic mass is 16.4. The van der Waals surface area contributed by atoms with Crippen LogP contribution in [0.2, 0.25) is 0 Å². The number of carboxylic acids is 2. The van der Waals surface area contributed by atoms with E-state index in [1.54, 1.807) is 18.2 Å². The average molecular weight is 249 g/mol. The molecular formula is C12H11NO5. The van der Waals surface area contributed by atoms with Crippen LogP contribution in [0.25, 0.3) is 6.08 Å². The summed E-state index contributed by atoms with van der Waals surface area (Å²) >= 11 is 0. The fourth-order valence-corrected chi connectivity index (χ4v) is 1.26. The Kier molecular flexibility index (Phi) is 4.62. The van der Waals surface area contributed by atoms with Crippen LogP contribution in [-0.4, -0.2) is 34.6 Å². The van der Waals surface area contributed by atoms with Crippen LogP contribution < -0.4 is 5.32 Å². The van der Waals surface area contributed by atoms with Gasteiger partial charge in [0.1, 0.15) is 6.54 Å². The van der Waals surface area contributed by atoms with Gasteiger partial charge in [-0.2, -0.15) is 0 Å². The molecule has 0 spiro atoms. The standard InChI is InChI=1S/C12H11NO5/c14-10(15)6-5-8-3-1-2-4-9(8)12(18)13-7-11(16)17/h1-6H,7H2,(H,13,18)(H,14,15)(H,16,17). The third-order valence-electron chi connectivity index (χ3n) is 2.01. The quantitative estimate of drug-likeness (QED) is 0.663. The van der Waals surface area contributed by atoms with E-state index in [0.29, 0.717) is 5.56 Å². The van der Waals surface area contributed by atoms with Crippen LogP contribution >= 0.6 is 0 Å². The van der Waals surface area contributed by atoms with Crippen molar-refractivity contribution < 1.29 is 24.6 Å². The molecule has 0 heterocycles. The van der Waals surface area contributed by atoms with Crippen LogP contribution in [0.1, 0.15) is 15.9 Å². The summed E-state index contributed by atoms with van der Waals surface area (Å²) in [4.78, 5) is 32.4. The topological polar surface area (TPSA) is 104 Å². The summed E-state index contributed by atoms with van der Waals surface area (Å²) in [6.07, 6.45) is 2.18. The van der Waals surface area contributed by atoms with Crippen molar-refractivity contribution in [3.8, 4) is 0 Å². The lowest BCUT2D eigenvalue weighted by Gasteiger charge is -2.05. The monoisotopic (exact) mass is 249 g/mol. The Hall–Kier alpha value is -2.63. The molecule has 0 saturated carbocycles. The third-order valence-corrected chi connectivity index (χ3v) is 2.01. The molecule has 0 fully saturated rings. The first-order valence-electron chi connectivity index (χ1n) is 5.00. The fraction of sp³-hybridized carbons (Fsp3) is 0.0833. The molecule has 94 valence electrons. The molecule has 0 atom stereocenters. The van der Waals surface area contributed by atoms with E-state index < -0.39 is 24.4 Å². The molecule has 0 unspecified atom stereocenters. The van der Waals surface area contributed by atoms with Crippen LogP contribution in [-0.2, 0) is 9.59 Å². The molecule has 1 aromatic rings. The molecule has 1 amide bonds. The average Bonchev–Trinajstić information content (AvgIpc) is 2.33. The van der Waals surface area contributed by atoms with Gasteiger partial charge < -0.3 is 15.5 Å². The van der Waals surface area contributed by atoms with Crippen molar-refractivity contribution in [1.82, 2.24) is 5.32 Å². The number of carbonyl (C=O) groups is 3. The van der Waals surface area contributed by atoms with Gasteiger partial charge in [0.25, 0.3) is 5.91 Å². The van der Waals surface area contributed by atoms with Gasteiger partial charge in [-0.15, -0.1) is 0 Å². The largest absolute Gasteiger partial charge is 0.480 e. The Balaban J connectivity index is 2.91. The number of carbonyl (C=O) groups excluding carboxylic acids is 1. The first-order valence-corrected chi connectivity index (χ1v) is 5.00. The normalized spacial score (nSPS) is 10.2. The number of amides is 1. The Labute approximate surface area is 103 Å². The van der Waals surface area contributed by atoms with E-state index in [4.69, 9.17) is 10.2 Å². The van der Waals surface area contributed by atoms with E-state index in [0.717, 1.165) is 6.08 Å². The van der Waals surface area contributed by atoms with Crippen molar-refractivity contribution in [3.05, 3.63) is 41.5 Å². The molecule has 3 N–H and O–H groups in total. The maximum atomic E-state index is 11.7. The highest BCUT2D eigenvalue weighted by molar-refractivity contribution is 6.00. The van der Waals surface area contributed by atoms with E-state index in [-0.39, 0.29) is 5.56 Å². The van der Waals surface area contributed by atoms with Gasteiger partial charge in [0.2, 0.25) is 0 Å². The van der Waals surface area contributed by atoms with Gasteiger partial charge in [0.15, 0.2) is 0 Å². The Morgan fingerprint density at radius 1 is 1.17 bits per heavy atom. The van der Waals surface area contributed by atoms with Gasteiger partial charge in [-0.1, -0.05) is 18.2 Å². The van der Waals surface area contributed by atoms with Gasteiger partial charge in [0.05, 0.1) is 0 Å². The molecule has 6 heteroatoms. The van der Waals surface area contributed by atoms with Crippen molar-refractivity contribution in [2.75, 3.05) is 6.54 Å². The van der Waals surface area contributed by atoms with E-state index in [2.05, 4.69) is 5.32 Å². The summed E-state index contributed by atoms with van der Waals surface area (Å²) in [5.41, 5.74) is 0.624. The van der Waals surface area contributed by atoms with Gasteiger partial charge in [-0.25, -0.2) is 4.79 Å². The maximum absolute atomic E-state index is 11.7. The van der Waals surface area contributed by atoms with Crippen molar-refractivity contribution in [3.63, 3.8) is 0 Å². The lowest BCUT2D eigenvalue weighted by molar-refractivity contribution is -0.136. The number of nitrogens with one attached hydrogen (secondary N) is 1. The Bertz CT molecular complexity index is 507. The lowest BCUT2D eigenvalue weighted by Crippen LogP contribution is -2.29. The zero-order valence-corrected chi connectivity index (χ0v) is 9.29. The smallest absolute Gasteiger partial charge is 0.328 e.